The lowest BCUT2D eigenvalue weighted by atomic mass is 10.1. The van der Waals surface area contributed by atoms with E-state index in [-0.39, 0.29) is 5.56 Å². The molecule has 6 heteroatoms. The molecule has 0 aliphatic carbocycles. The zero-order valence-corrected chi connectivity index (χ0v) is 16.6. The summed E-state index contributed by atoms with van der Waals surface area (Å²) in [4.78, 5) is 34.6. The summed E-state index contributed by atoms with van der Waals surface area (Å²) in [5.74, 6) is -0.414. The van der Waals surface area contributed by atoms with Crippen LogP contribution in [0.2, 0.25) is 0 Å². The summed E-state index contributed by atoms with van der Waals surface area (Å²) < 4.78 is 6.75. The zero-order valence-electron chi connectivity index (χ0n) is 16.6. The summed E-state index contributed by atoms with van der Waals surface area (Å²) in [6.07, 6.45) is 2.77. The average Bonchev–Trinajstić information content (AvgIpc) is 2.79. The third kappa shape index (κ3) is 3.98. The van der Waals surface area contributed by atoms with Crippen molar-refractivity contribution in [2.24, 2.45) is 0 Å². The highest BCUT2D eigenvalue weighted by Crippen LogP contribution is 2.17. The third-order valence-corrected chi connectivity index (χ3v) is 4.67. The predicted molar refractivity (Wildman–Crippen MR) is 115 cm³/mol. The fraction of sp³-hybridized carbons (Fsp3) is 0.167. The van der Waals surface area contributed by atoms with Crippen molar-refractivity contribution in [2.45, 2.75) is 19.8 Å². The number of carbonyl (C=O) groups is 1. The van der Waals surface area contributed by atoms with Crippen LogP contribution < -0.4 is 5.56 Å². The molecule has 30 heavy (non-hydrogen) atoms. The van der Waals surface area contributed by atoms with Gasteiger partial charge in [-0.3, -0.25) is 9.36 Å². The smallest absolute Gasteiger partial charge is 0.338 e. The SMILES string of the molecule is CCCOC(=O)c1cccc(-n2c(=O)c(Cc3ccccc3)nc3cccnc32)c1. The van der Waals surface area contributed by atoms with Crippen molar-refractivity contribution in [1.82, 2.24) is 14.5 Å². The summed E-state index contributed by atoms with van der Waals surface area (Å²) in [7, 11) is 0. The molecule has 4 rings (SSSR count). The molecule has 2 aromatic carbocycles. The van der Waals surface area contributed by atoms with Gasteiger partial charge in [0, 0.05) is 12.6 Å². The average molecular weight is 399 g/mol. The zero-order chi connectivity index (χ0) is 20.9. The van der Waals surface area contributed by atoms with Crippen molar-refractivity contribution in [3.05, 3.63) is 100 Å². The van der Waals surface area contributed by atoms with Crippen LogP contribution in [-0.4, -0.2) is 27.1 Å². The maximum absolute atomic E-state index is 13.4. The van der Waals surface area contributed by atoms with Crippen LogP contribution in [0.25, 0.3) is 16.9 Å². The maximum Gasteiger partial charge on any atom is 0.338 e. The topological polar surface area (TPSA) is 74.1 Å². The minimum Gasteiger partial charge on any atom is -0.462 e. The summed E-state index contributed by atoms with van der Waals surface area (Å²) in [5.41, 5.74) is 3.14. The second-order valence-electron chi connectivity index (χ2n) is 6.89. The van der Waals surface area contributed by atoms with Crippen LogP contribution >= 0.6 is 0 Å². The van der Waals surface area contributed by atoms with Gasteiger partial charge in [0.25, 0.3) is 5.56 Å². The molecule has 0 fully saturated rings. The van der Waals surface area contributed by atoms with Crippen molar-refractivity contribution >= 4 is 17.1 Å². The number of pyridine rings is 1. The third-order valence-electron chi connectivity index (χ3n) is 4.67. The van der Waals surface area contributed by atoms with E-state index in [2.05, 4.69) is 9.97 Å². The quantitative estimate of drug-likeness (QED) is 0.459. The van der Waals surface area contributed by atoms with Crippen LogP contribution in [0.1, 0.15) is 35.0 Å². The number of fused-ring (bicyclic) bond motifs is 1. The highest BCUT2D eigenvalue weighted by atomic mass is 16.5. The first-order valence-corrected chi connectivity index (χ1v) is 9.85. The van der Waals surface area contributed by atoms with Crippen molar-refractivity contribution in [3.8, 4) is 5.69 Å². The molecular formula is C24H21N3O3. The van der Waals surface area contributed by atoms with Gasteiger partial charge in [-0.25, -0.2) is 14.8 Å². The Balaban J connectivity index is 1.85. The van der Waals surface area contributed by atoms with E-state index in [1.807, 2.05) is 43.3 Å². The molecule has 0 N–H and O–H groups in total. The molecule has 0 amide bonds. The van der Waals surface area contributed by atoms with E-state index in [1.54, 1.807) is 36.5 Å². The number of aromatic nitrogens is 3. The van der Waals surface area contributed by atoms with Crippen LogP contribution in [0.5, 0.6) is 0 Å². The second kappa shape index (κ2) is 8.69. The number of nitrogens with zero attached hydrogens (tertiary/aromatic N) is 3. The highest BCUT2D eigenvalue weighted by molar-refractivity contribution is 5.90. The van der Waals surface area contributed by atoms with Gasteiger partial charge in [0.15, 0.2) is 5.65 Å². The van der Waals surface area contributed by atoms with E-state index in [4.69, 9.17) is 4.74 Å². The number of hydrogen-bond acceptors (Lipinski definition) is 5. The molecule has 0 aliphatic heterocycles. The van der Waals surface area contributed by atoms with Gasteiger partial charge in [-0.05, 0) is 42.3 Å². The molecule has 150 valence electrons. The van der Waals surface area contributed by atoms with E-state index < -0.39 is 5.97 Å². The monoisotopic (exact) mass is 399 g/mol. The molecule has 0 saturated carbocycles. The molecule has 2 aromatic heterocycles. The Hall–Kier alpha value is -3.80. The summed E-state index contributed by atoms with van der Waals surface area (Å²) >= 11 is 0. The fourth-order valence-electron chi connectivity index (χ4n) is 3.26. The van der Waals surface area contributed by atoms with E-state index in [9.17, 15) is 9.59 Å². The second-order valence-corrected chi connectivity index (χ2v) is 6.89. The molecule has 6 nitrogen and oxygen atoms in total. The molecular weight excluding hydrogens is 378 g/mol. The Morgan fingerprint density at radius 2 is 1.87 bits per heavy atom. The molecule has 0 spiro atoms. The first-order valence-electron chi connectivity index (χ1n) is 9.85. The minimum atomic E-state index is -0.414. The van der Waals surface area contributed by atoms with Crippen LogP contribution in [0.3, 0.4) is 0 Å². The molecule has 0 bridgehead atoms. The maximum atomic E-state index is 13.4. The largest absolute Gasteiger partial charge is 0.462 e. The molecule has 0 radical (unpaired) electrons. The van der Waals surface area contributed by atoms with Gasteiger partial charge in [0.05, 0.1) is 17.9 Å². The van der Waals surface area contributed by atoms with Crippen molar-refractivity contribution in [3.63, 3.8) is 0 Å². The Morgan fingerprint density at radius 3 is 2.67 bits per heavy atom. The van der Waals surface area contributed by atoms with Gasteiger partial charge in [-0.1, -0.05) is 43.3 Å². The van der Waals surface area contributed by atoms with Crippen LogP contribution in [-0.2, 0) is 11.2 Å². The Kier molecular flexibility index (Phi) is 5.66. The van der Waals surface area contributed by atoms with Crippen molar-refractivity contribution in [1.29, 1.82) is 0 Å². The van der Waals surface area contributed by atoms with E-state index in [1.165, 1.54) is 4.57 Å². The molecule has 2 heterocycles. The molecule has 4 aromatic rings. The lowest BCUT2D eigenvalue weighted by molar-refractivity contribution is 0.0505. The fourth-order valence-corrected chi connectivity index (χ4v) is 3.26. The summed E-state index contributed by atoms with van der Waals surface area (Å²) in [6.45, 7) is 2.29. The van der Waals surface area contributed by atoms with E-state index in [0.29, 0.717) is 41.1 Å². The van der Waals surface area contributed by atoms with Gasteiger partial charge in [-0.2, -0.15) is 0 Å². The van der Waals surface area contributed by atoms with Crippen LogP contribution in [0.15, 0.2) is 77.7 Å². The van der Waals surface area contributed by atoms with Gasteiger partial charge < -0.3 is 4.74 Å². The standard InChI is InChI=1S/C24H21N3O3/c1-2-14-30-24(29)18-10-6-11-19(16-18)27-22-20(12-7-13-25-22)26-21(23(27)28)15-17-8-4-3-5-9-17/h3-13,16H,2,14-15H2,1H3. The number of esters is 1. The summed E-state index contributed by atoms with van der Waals surface area (Å²) in [5, 5.41) is 0. The lowest BCUT2D eigenvalue weighted by Gasteiger charge is -2.12. The lowest BCUT2D eigenvalue weighted by Crippen LogP contribution is -2.25. The van der Waals surface area contributed by atoms with E-state index >= 15 is 0 Å². The molecule has 0 aliphatic rings. The highest BCUT2D eigenvalue weighted by Gasteiger charge is 2.16. The van der Waals surface area contributed by atoms with Gasteiger partial charge >= 0.3 is 5.97 Å². The van der Waals surface area contributed by atoms with Crippen molar-refractivity contribution < 1.29 is 9.53 Å². The molecule has 0 unspecified atom stereocenters. The van der Waals surface area contributed by atoms with Crippen LogP contribution in [0.4, 0.5) is 0 Å². The first-order chi connectivity index (χ1) is 14.7. The number of rotatable bonds is 6. The Morgan fingerprint density at radius 1 is 1.03 bits per heavy atom. The number of carbonyl (C=O) groups excluding carboxylic acids is 1. The van der Waals surface area contributed by atoms with Crippen LogP contribution in [0, 0.1) is 0 Å². The summed E-state index contributed by atoms with van der Waals surface area (Å²) in [6, 6.07) is 20.2. The Bertz CT molecular complexity index is 1250. The molecule has 0 atom stereocenters. The van der Waals surface area contributed by atoms with E-state index in [0.717, 1.165) is 12.0 Å². The van der Waals surface area contributed by atoms with Crippen molar-refractivity contribution in [2.75, 3.05) is 6.61 Å². The number of benzene rings is 2. The number of hydrogen-bond donors (Lipinski definition) is 0. The van der Waals surface area contributed by atoms with Gasteiger partial charge in [0.1, 0.15) is 11.2 Å². The number of ether oxygens (including phenoxy) is 1. The Labute approximate surface area is 173 Å². The van der Waals surface area contributed by atoms with Gasteiger partial charge in [0.2, 0.25) is 0 Å². The normalized spacial score (nSPS) is 10.8. The predicted octanol–water partition coefficient (Wildman–Crippen LogP) is 3.94. The minimum absolute atomic E-state index is 0.260. The molecule has 0 saturated heterocycles. The first kappa shape index (κ1) is 19.5. The van der Waals surface area contributed by atoms with Gasteiger partial charge in [-0.15, -0.1) is 0 Å².